The summed E-state index contributed by atoms with van der Waals surface area (Å²) in [6.45, 7) is 4.52. The SMILES string of the molecule is CCC(C)NC(=O)C1CCCN1C(=O)c1cc(Cl)ccc1Cl. The third-order valence-electron chi connectivity index (χ3n) is 3.98. The van der Waals surface area contributed by atoms with Crippen molar-refractivity contribution in [3.63, 3.8) is 0 Å². The largest absolute Gasteiger partial charge is 0.352 e. The van der Waals surface area contributed by atoms with E-state index in [0.29, 0.717) is 28.6 Å². The van der Waals surface area contributed by atoms with Gasteiger partial charge in [-0.2, -0.15) is 0 Å². The first-order valence-electron chi connectivity index (χ1n) is 7.50. The average molecular weight is 343 g/mol. The van der Waals surface area contributed by atoms with E-state index in [-0.39, 0.29) is 17.9 Å². The van der Waals surface area contributed by atoms with Gasteiger partial charge < -0.3 is 10.2 Å². The van der Waals surface area contributed by atoms with Crippen LogP contribution in [0.5, 0.6) is 0 Å². The van der Waals surface area contributed by atoms with E-state index in [4.69, 9.17) is 23.2 Å². The third kappa shape index (κ3) is 3.73. The number of rotatable bonds is 4. The fourth-order valence-corrected chi connectivity index (χ4v) is 2.91. The quantitative estimate of drug-likeness (QED) is 0.909. The molecule has 1 aromatic carbocycles. The minimum absolute atomic E-state index is 0.0970. The number of halogens is 2. The Labute approximate surface area is 140 Å². The number of nitrogens with one attached hydrogen (secondary N) is 1. The molecule has 0 aromatic heterocycles. The molecule has 2 amide bonds. The van der Waals surface area contributed by atoms with Crippen molar-refractivity contribution < 1.29 is 9.59 Å². The van der Waals surface area contributed by atoms with Crippen molar-refractivity contribution in [2.75, 3.05) is 6.54 Å². The van der Waals surface area contributed by atoms with Crippen LogP contribution in [-0.2, 0) is 4.79 Å². The monoisotopic (exact) mass is 342 g/mol. The number of hydrogen-bond donors (Lipinski definition) is 1. The highest BCUT2D eigenvalue weighted by atomic mass is 35.5. The van der Waals surface area contributed by atoms with Crippen molar-refractivity contribution in [3.8, 4) is 0 Å². The predicted molar refractivity (Wildman–Crippen MR) is 88.4 cm³/mol. The van der Waals surface area contributed by atoms with E-state index < -0.39 is 6.04 Å². The number of hydrogen-bond acceptors (Lipinski definition) is 2. The Morgan fingerprint density at radius 1 is 1.41 bits per heavy atom. The maximum absolute atomic E-state index is 12.7. The molecule has 22 heavy (non-hydrogen) atoms. The summed E-state index contributed by atoms with van der Waals surface area (Å²) in [5.41, 5.74) is 0.345. The molecule has 0 saturated carbocycles. The molecule has 0 bridgehead atoms. The number of carbonyl (C=O) groups excluding carboxylic acids is 2. The van der Waals surface area contributed by atoms with Crippen LogP contribution in [0.1, 0.15) is 43.5 Å². The van der Waals surface area contributed by atoms with Crippen molar-refractivity contribution >= 4 is 35.0 Å². The molecular weight excluding hydrogens is 323 g/mol. The molecule has 1 saturated heterocycles. The summed E-state index contributed by atoms with van der Waals surface area (Å²) >= 11 is 12.0. The van der Waals surface area contributed by atoms with Gasteiger partial charge in [-0.1, -0.05) is 30.1 Å². The number of benzene rings is 1. The van der Waals surface area contributed by atoms with Crippen LogP contribution in [-0.4, -0.2) is 35.3 Å². The highest BCUT2D eigenvalue weighted by molar-refractivity contribution is 6.35. The molecule has 1 aromatic rings. The molecule has 6 heteroatoms. The van der Waals surface area contributed by atoms with E-state index in [2.05, 4.69) is 5.32 Å². The van der Waals surface area contributed by atoms with Gasteiger partial charge in [0.1, 0.15) is 6.04 Å². The van der Waals surface area contributed by atoms with Crippen molar-refractivity contribution in [2.24, 2.45) is 0 Å². The van der Waals surface area contributed by atoms with Crippen molar-refractivity contribution in [1.29, 1.82) is 0 Å². The Kier molecular flexibility index (Phi) is 5.70. The zero-order valence-corrected chi connectivity index (χ0v) is 14.2. The maximum Gasteiger partial charge on any atom is 0.256 e. The Balaban J connectivity index is 2.17. The number of carbonyl (C=O) groups is 2. The second-order valence-electron chi connectivity index (χ2n) is 5.60. The molecule has 1 aliphatic heterocycles. The van der Waals surface area contributed by atoms with E-state index in [1.54, 1.807) is 23.1 Å². The Bertz CT molecular complexity index is 577. The molecule has 1 heterocycles. The summed E-state index contributed by atoms with van der Waals surface area (Å²) in [5, 5.41) is 3.74. The maximum atomic E-state index is 12.7. The Morgan fingerprint density at radius 3 is 2.82 bits per heavy atom. The van der Waals surface area contributed by atoms with Gasteiger partial charge in [0, 0.05) is 17.6 Å². The van der Waals surface area contributed by atoms with Crippen LogP contribution in [0.15, 0.2) is 18.2 Å². The number of likely N-dealkylation sites (tertiary alicyclic amines) is 1. The second kappa shape index (κ2) is 7.34. The zero-order chi connectivity index (χ0) is 16.3. The smallest absolute Gasteiger partial charge is 0.256 e. The molecule has 0 aliphatic carbocycles. The molecule has 0 radical (unpaired) electrons. The molecule has 2 atom stereocenters. The van der Waals surface area contributed by atoms with E-state index >= 15 is 0 Å². The lowest BCUT2D eigenvalue weighted by Crippen LogP contribution is -2.48. The van der Waals surface area contributed by atoms with Crippen molar-refractivity contribution in [1.82, 2.24) is 10.2 Å². The van der Waals surface area contributed by atoms with Gasteiger partial charge in [0.25, 0.3) is 5.91 Å². The van der Waals surface area contributed by atoms with Gasteiger partial charge in [0.05, 0.1) is 10.6 Å². The standard InChI is InChI=1S/C16H20Cl2N2O2/c1-3-10(2)19-15(21)14-5-4-8-20(14)16(22)12-9-11(17)6-7-13(12)18/h6-7,9-10,14H,3-5,8H2,1-2H3,(H,19,21). The molecule has 0 spiro atoms. The molecule has 1 aliphatic rings. The first-order valence-corrected chi connectivity index (χ1v) is 8.26. The molecule has 2 rings (SSSR count). The lowest BCUT2D eigenvalue weighted by Gasteiger charge is -2.25. The molecule has 1 N–H and O–H groups in total. The van der Waals surface area contributed by atoms with Gasteiger partial charge in [0.15, 0.2) is 0 Å². The summed E-state index contributed by atoms with van der Waals surface area (Å²) < 4.78 is 0. The lowest BCUT2D eigenvalue weighted by atomic mass is 10.1. The fourth-order valence-electron chi connectivity index (χ4n) is 2.54. The minimum atomic E-state index is -0.434. The zero-order valence-electron chi connectivity index (χ0n) is 12.7. The van der Waals surface area contributed by atoms with Gasteiger partial charge in [-0.3, -0.25) is 9.59 Å². The molecule has 4 nitrogen and oxygen atoms in total. The first kappa shape index (κ1) is 17.1. The van der Waals surface area contributed by atoms with Crippen molar-refractivity contribution in [3.05, 3.63) is 33.8 Å². The second-order valence-corrected chi connectivity index (χ2v) is 6.44. The average Bonchev–Trinajstić information content (AvgIpc) is 2.98. The number of nitrogens with zero attached hydrogens (tertiary/aromatic N) is 1. The molecular formula is C16H20Cl2N2O2. The summed E-state index contributed by atoms with van der Waals surface area (Å²) in [5.74, 6) is -0.340. The van der Waals surface area contributed by atoms with Gasteiger partial charge in [-0.15, -0.1) is 0 Å². The van der Waals surface area contributed by atoms with Crippen LogP contribution in [0.25, 0.3) is 0 Å². The van der Waals surface area contributed by atoms with Crippen LogP contribution in [0, 0.1) is 0 Å². The van der Waals surface area contributed by atoms with Crippen LogP contribution in [0.2, 0.25) is 10.0 Å². The van der Waals surface area contributed by atoms with Crippen molar-refractivity contribution in [2.45, 2.75) is 45.2 Å². The Hall–Kier alpha value is -1.26. The molecule has 2 unspecified atom stereocenters. The summed E-state index contributed by atoms with van der Waals surface area (Å²) in [6, 6.07) is 4.45. The highest BCUT2D eigenvalue weighted by Crippen LogP contribution is 2.26. The third-order valence-corrected chi connectivity index (χ3v) is 4.54. The molecule has 120 valence electrons. The highest BCUT2D eigenvalue weighted by Gasteiger charge is 2.35. The van der Waals surface area contributed by atoms with Gasteiger partial charge in [-0.05, 0) is 44.4 Å². The van der Waals surface area contributed by atoms with E-state index in [1.165, 1.54) is 0 Å². The van der Waals surface area contributed by atoms with E-state index in [1.807, 2.05) is 13.8 Å². The first-order chi connectivity index (χ1) is 10.4. The van der Waals surface area contributed by atoms with Crippen LogP contribution in [0.3, 0.4) is 0 Å². The fraction of sp³-hybridized carbons (Fsp3) is 0.500. The lowest BCUT2D eigenvalue weighted by molar-refractivity contribution is -0.125. The predicted octanol–water partition coefficient (Wildman–Crippen LogP) is 3.51. The minimum Gasteiger partial charge on any atom is -0.352 e. The van der Waals surface area contributed by atoms with E-state index in [9.17, 15) is 9.59 Å². The van der Waals surface area contributed by atoms with Gasteiger partial charge in [0.2, 0.25) is 5.91 Å². The summed E-state index contributed by atoms with van der Waals surface area (Å²) in [6.07, 6.45) is 2.33. The summed E-state index contributed by atoms with van der Waals surface area (Å²) in [4.78, 5) is 26.6. The molecule has 1 fully saturated rings. The van der Waals surface area contributed by atoms with Gasteiger partial charge >= 0.3 is 0 Å². The van der Waals surface area contributed by atoms with Crippen LogP contribution >= 0.6 is 23.2 Å². The number of amides is 2. The summed E-state index contributed by atoms with van der Waals surface area (Å²) in [7, 11) is 0. The normalized spacial score (nSPS) is 19.1. The van der Waals surface area contributed by atoms with E-state index in [0.717, 1.165) is 12.8 Å². The van der Waals surface area contributed by atoms with Gasteiger partial charge in [-0.25, -0.2) is 0 Å². The topological polar surface area (TPSA) is 49.4 Å². The van der Waals surface area contributed by atoms with Crippen LogP contribution < -0.4 is 5.32 Å². The van der Waals surface area contributed by atoms with Crippen LogP contribution in [0.4, 0.5) is 0 Å². The Morgan fingerprint density at radius 2 is 2.14 bits per heavy atom.